The van der Waals surface area contributed by atoms with Gasteiger partial charge in [-0.1, -0.05) is 13.8 Å². The molecule has 1 N–H and O–H groups in total. The van der Waals surface area contributed by atoms with Gasteiger partial charge < -0.3 is 10.2 Å². The summed E-state index contributed by atoms with van der Waals surface area (Å²) in [5.74, 6) is 0.394. The average Bonchev–Trinajstić information content (AvgIpc) is 2.76. The predicted octanol–water partition coefficient (Wildman–Crippen LogP) is 2.72. The summed E-state index contributed by atoms with van der Waals surface area (Å²) in [5.41, 5.74) is 0.922. The van der Waals surface area contributed by atoms with Gasteiger partial charge in [-0.05, 0) is 0 Å². The van der Waals surface area contributed by atoms with E-state index in [0.717, 1.165) is 15.6 Å². The van der Waals surface area contributed by atoms with Crippen LogP contribution in [0.1, 0.15) is 30.5 Å². The Kier molecular flexibility index (Phi) is 6.14. The molecule has 0 atom stereocenters. The van der Waals surface area contributed by atoms with Gasteiger partial charge in [-0.25, -0.2) is 18.6 Å². The maximum absolute atomic E-state index is 12.1. The number of thiazole rings is 1. The fraction of sp³-hybridized carbons (Fsp3) is 0.667. The van der Waals surface area contributed by atoms with Gasteiger partial charge in [-0.15, -0.1) is 11.3 Å². The molecule has 1 aromatic heterocycles. The molecule has 0 fully saturated rings. The van der Waals surface area contributed by atoms with Gasteiger partial charge in [-0.2, -0.15) is 0 Å². The van der Waals surface area contributed by atoms with E-state index in [4.69, 9.17) is 0 Å². The SMILES string of the molecule is CC(C)c1nc(CCNC(=O)N(C)CC(F)F)cs1. The first kappa shape index (κ1) is 15.8. The van der Waals surface area contributed by atoms with Crippen LogP contribution in [0.3, 0.4) is 0 Å². The molecule has 0 bridgehead atoms. The summed E-state index contributed by atoms with van der Waals surface area (Å²) in [5, 5.41) is 5.62. The molecular weight excluding hydrogens is 272 g/mol. The third-order valence-electron chi connectivity index (χ3n) is 2.48. The second kappa shape index (κ2) is 7.37. The van der Waals surface area contributed by atoms with Crippen molar-refractivity contribution in [2.75, 3.05) is 20.1 Å². The number of alkyl halides is 2. The maximum atomic E-state index is 12.1. The molecule has 19 heavy (non-hydrogen) atoms. The van der Waals surface area contributed by atoms with Crippen molar-refractivity contribution >= 4 is 17.4 Å². The molecule has 0 aliphatic heterocycles. The highest BCUT2D eigenvalue weighted by Crippen LogP contribution is 2.19. The average molecular weight is 291 g/mol. The molecule has 0 aliphatic carbocycles. The predicted molar refractivity (Wildman–Crippen MR) is 71.9 cm³/mol. The van der Waals surface area contributed by atoms with E-state index in [1.807, 2.05) is 5.38 Å². The van der Waals surface area contributed by atoms with E-state index in [-0.39, 0.29) is 0 Å². The van der Waals surface area contributed by atoms with Crippen LogP contribution in [0.5, 0.6) is 0 Å². The lowest BCUT2D eigenvalue weighted by molar-refractivity contribution is 0.108. The second-order valence-corrected chi connectivity index (χ2v) is 5.47. The maximum Gasteiger partial charge on any atom is 0.317 e. The summed E-state index contributed by atoms with van der Waals surface area (Å²) < 4.78 is 24.2. The molecule has 1 rings (SSSR count). The van der Waals surface area contributed by atoms with Crippen molar-refractivity contribution in [3.05, 3.63) is 16.1 Å². The first-order valence-corrected chi connectivity index (χ1v) is 6.99. The van der Waals surface area contributed by atoms with E-state index >= 15 is 0 Å². The molecule has 0 unspecified atom stereocenters. The number of nitrogens with one attached hydrogen (secondary N) is 1. The van der Waals surface area contributed by atoms with Gasteiger partial charge in [0.2, 0.25) is 0 Å². The number of amides is 2. The summed E-state index contributed by atoms with van der Waals surface area (Å²) in [4.78, 5) is 16.9. The van der Waals surface area contributed by atoms with Crippen molar-refractivity contribution in [1.29, 1.82) is 0 Å². The van der Waals surface area contributed by atoms with Crippen molar-refractivity contribution in [2.24, 2.45) is 0 Å². The fourth-order valence-electron chi connectivity index (χ4n) is 1.43. The van der Waals surface area contributed by atoms with Crippen LogP contribution in [0, 0.1) is 0 Å². The highest BCUT2D eigenvalue weighted by atomic mass is 32.1. The van der Waals surface area contributed by atoms with E-state index in [9.17, 15) is 13.6 Å². The van der Waals surface area contributed by atoms with Crippen LogP contribution in [0.25, 0.3) is 0 Å². The van der Waals surface area contributed by atoms with E-state index in [0.29, 0.717) is 18.9 Å². The summed E-state index contributed by atoms with van der Waals surface area (Å²) in [6.07, 6.45) is -1.90. The van der Waals surface area contributed by atoms with Gasteiger partial charge >= 0.3 is 6.03 Å². The Labute approximate surface area is 115 Å². The smallest absolute Gasteiger partial charge is 0.317 e. The number of nitrogens with zero attached hydrogens (tertiary/aromatic N) is 2. The van der Waals surface area contributed by atoms with Gasteiger partial charge in [0.25, 0.3) is 6.43 Å². The lowest BCUT2D eigenvalue weighted by Crippen LogP contribution is -2.40. The zero-order valence-electron chi connectivity index (χ0n) is 11.3. The Balaban J connectivity index is 2.31. The Morgan fingerprint density at radius 2 is 2.21 bits per heavy atom. The number of hydrogen-bond acceptors (Lipinski definition) is 3. The largest absolute Gasteiger partial charge is 0.338 e. The number of rotatable bonds is 6. The molecule has 7 heteroatoms. The van der Waals surface area contributed by atoms with Crippen LogP contribution in [-0.4, -0.2) is 42.5 Å². The fourth-order valence-corrected chi connectivity index (χ4v) is 2.29. The van der Waals surface area contributed by atoms with Crippen molar-refractivity contribution < 1.29 is 13.6 Å². The minimum absolute atomic E-state index is 0.394. The van der Waals surface area contributed by atoms with Crippen molar-refractivity contribution in [3.8, 4) is 0 Å². The monoisotopic (exact) mass is 291 g/mol. The van der Waals surface area contributed by atoms with Crippen LogP contribution in [-0.2, 0) is 6.42 Å². The molecule has 0 saturated carbocycles. The zero-order valence-corrected chi connectivity index (χ0v) is 12.1. The van der Waals surface area contributed by atoms with Crippen molar-refractivity contribution in [2.45, 2.75) is 32.6 Å². The summed E-state index contributed by atoms with van der Waals surface area (Å²) in [7, 11) is 1.35. The lowest BCUT2D eigenvalue weighted by Gasteiger charge is -2.16. The molecule has 0 spiro atoms. The molecule has 1 aromatic rings. The van der Waals surface area contributed by atoms with E-state index in [1.165, 1.54) is 7.05 Å². The Hall–Kier alpha value is -1.24. The third-order valence-corrected chi connectivity index (χ3v) is 3.67. The van der Waals surface area contributed by atoms with Crippen LogP contribution >= 0.6 is 11.3 Å². The number of carbonyl (C=O) groups excluding carboxylic acids is 1. The number of halogens is 2. The molecule has 0 aliphatic rings. The summed E-state index contributed by atoms with van der Waals surface area (Å²) in [6, 6.07) is -0.486. The quantitative estimate of drug-likeness (QED) is 0.876. The van der Waals surface area contributed by atoms with Gasteiger partial charge in [0.1, 0.15) is 0 Å². The second-order valence-electron chi connectivity index (χ2n) is 4.59. The minimum atomic E-state index is -2.51. The topological polar surface area (TPSA) is 45.2 Å². The molecule has 4 nitrogen and oxygen atoms in total. The highest BCUT2D eigenvalue weighted by Gasteiger charge is 2.13. The molecule has 2 amide bonds. The first-order valence-electron chi connectivity index (χ1n) is 6.11. The minimum Gasteiger partial charge on any atom is -0.338 e. The van der Waals surface area contributed by atoms with Gasteiger partial charge in [0, 0.05) is 31.3 Å². The van der Waals surface area contributed by atoms with Crippen LogP contribution in [0.2, 0.25) is 0 Å². The molecule has 1 heterocycles. The van der Waals surface area contributed by atoms with E-state index < -0.39 is 19.0 Å². The Morgan fingerprint density at radius 3 is 2.74 bits per heavy atom. The van der Waals surface area contributed by atoms with Gasteiger partial charge in [-0.3, -0.25) is 0 Å². The molecular formula is C12H19F2N3OS. The normalized spacial score (nSPS) is 11.1. The van der Waals surface area contributed by atoms with Crippen LogP contribution < -0.4 is 5.32 Å². The molecule has 0 radical (unpaired) electrons. The summed E-state index contributed by atoms with van der Waals surface area (Å²) in [6.45, 7) is 3.99. The number of urea groups is 1. The summed E-state index contributed by atoms with van der Waals surface area (Å²) >= 11 is 1.60. The Morgan fingerprint density at radius 1 is 1.53 bits per heavy atom. The van der Waals surface area contributed by atoms with Crippen molar-refractivity contribution in [3.63, 3.8) is 0 Å². The number of hydrogen-bond donors (Lipinski definition) is 1. The Bertz CT molecular complexity index is 409. The van der Waals surface area contributed by atoms with Gasteiger partial charge in [0.05, 0.1) is 17.2 Å². The third kappa shape index (κ3) is 5.50. The van der Waals surface area contributed by atoms with Gasteiger partial charge in [0.15, 0.2) is 0 Å². The zero-order chi connectivity index (χ0) is 14.4. The first-order chi connectivity index (χ1) is 8.90. The highest BCUT2D eigenvalue weighted by molar-refractivity contribution is 7.09. The molecule has 0 saturated heterocycles. The number of aromatic nitrogens is 1. The molecule has 108 valence electrons. The van der Waals surface area contributed by atoms with E-state index in [2.05, 4.69) is 24.1 Å². The lowest BCUT2D eigenvalue weighted by atomic mass is 10.2. The van der Waals surface area contributed by atoms with Crippen LogP contribution in [0.4, 0.5) is 13.6 Å². The standard InChI is InChI=1S/C12H19F2N3OS/c1-8(2)11-16-9(7-19-11)4-5-15-12(18)17(3)6-10(13)14/h7-8,10H,4-6H2,1-3H3,(H,15,18). The van der Waals surface area contributed by atoms with Crippen molar-refractivity contribution in [1.82, 2.24) is 15.2 Å². The van der Waals surface area contributed by atoms with E-state index in [1.54, 1.807) is 11.3 Å². The molecule has 0 aromatic carbocycles. The van der Waals surface area contributed by atoms with Crippen LogP contribution in [0.15, 0.2) is 5.38 Å². The number of carbonyl (C=O) groups is 1.